The third kappa shape index (κ3) is 5.78. The summed E-state index contributed by atoms with van der Waals surface area (Å²) in [6.45, 7) is 5.14. The Morgan fingerprint density at radius 2 is 1.41 bits per heavy atom. The monoisotopic (exact) mass is 493 g/mol. The van der Waals surface area contributed by atoms with Crippen molar-refractivity contribution in [3.8, 4) is 0 Å². The van der Waals surface area contributed by atoms with Crippen LogP contribution in [0.15, 0.2) is 84.9 Å². The van der Waals surface area contributed by atoms with Gasteiger partial charge in [-0.3, -0.25) is 4.79 Å². The fraction of sp³-hybridized carbons (Fsp3) is 0.233. The van der Waals surface area contributed by atoms with Gasteiger partial charge in [-0.1, -0.05) is 48.0 Å². The lowest BCUT2D eigenvalue weighted by Gasteiger charge is -2.36. The third-order valence-electron chi connectivity index (χ3n) is 6.68. The number of amides is 1. The molecule has 1 saturated heterocycles. The first-order chi connectivity index (χ1) is 18.0. The molecular formula is C30H31N5O2. The summed E-state index contributed by atoms with van der Waals surface area (Å²) in [5.41, 5.74) is 5.02. The predicted molar refractivity (Wildman–Crippen MR) is 148 cm³/mol. The van der Waals surface area contributed by atoms with Crippen LogP contribution in [0.2, 0.25) is 0 Å². The summed E-state index contributed by atoms with van der Waals surface area (Å²) < 4.78 is 5.57. The number of benzene rings is 3. The molecular weight excluding hydrogens is 462 g/mol. The number of carbonyl (C=O) groups excluding carboxylic acids is 1. The van der Waals surface area contributed by atoms with Crippen LogP contribution in [0.3, 0.4) is 0 Å². The number of nitrogens with zero attached hydrogens (tertiary/aromatic N) is 2. The van der Waals surface area contributed by atoms with Crippen molar-refractivity contribution in [3.63, 3.8) is 0 Å². The fourth-order valence-corrected chi connectivity index (χ4v) is 4.61. The van der Waals surface area contributed by atoms with Crippen LogP contribution in [0, 0.1) is 13.8 Å². The molecule has 188 valence electrons. The van der Waals surface area contributed by atoms with Gasteiger partial charge in [-0.25, -0.2) is 4.98 Å². The van der Waals surface area contributed by atoms with Gasteiger partial charge in [0.2, 0.25) is 11.9 Å². The van der Waals surface area contributed by atoms with Crippen molar-refractivity contribution < 1.29 is 9.53 Å². The minimum atomic E-state index is -0.591. The van der Waals surface area contributed by atoms with Gasteiger partial charge in [0.15, 0.2) is 0 Å². The van der Waals surface area contributed by atoms with E-state index < -0.39 is 5.41 Å². The van der Waals surface area contributed by atoms with Crippen LogP contribution >= 0.6 is 0 Å². The van der Waals surface area contributed by atoms with Crippen molar-refractivity contribution in [3.05, 3.63) is 102 Å². The number of aryl methyl sites for hydroxylation is 2. The van der Waals surface area contributed by atoms with Gasteiger partial charge in [0, 0.05) is 42.0 Å². The van der Waals surface area contributed by atoms with E-state index in [2.05, 4.69) is 45.0 Å². The first-order valence-electron chi connectivity index (χ1n) is 12.5. The maximum absolute atomic E-state index is 13.5. The second-order valence-electron chi connectivity index (χ2n) is 9.43. The number of anilines is 5. The molecule has 0 radical (unpaired) electrons. The quantitative estimate of drug-likeness (QED) is 0.281. The predicted octanol–water partition coefficient (Wildman–Crippen LogP) is 6.27. The molecule has 0 atom stereocenters. The molecule has 4 aromatic rings. The van der Waals surface area contributed by atoms with Crippen LogP contribution in [0.1, 0.15) is 29.7 Å². The second-order valence-corrected chi connectivity index (χ2v) is 9.43. The van der Waals surface area contributed by atoms with Crippen LogP contribution in [-0.2, 0) is 14.9 Å². The van der Waals surface area contributed by atoms with E-state index in [1.165, 1.54) is 5.56 Å². The Labute approximate surface area is 217 Å². The van der Waals surface area contributed by atoms with Gasteiger partial charge in [0.1, 0.15) is 5.82 Å². The molecule has 0 unspecified atom stereocenters. The third-order valence-corrected chi connectivity index (χ3v) is 6.68. The summed E-state index contributed by atoms with van der Waals surface area (Å²) in [7, 11) is 0. The molecule has 1 fully saturated rings. The first-order valence-corrected chi connectivity index (χ1v) is 12.5. The minimum Gasteiger partial charge on any atom is -0.381 e. The lowest BCUT2D eigenvalue weighted by molar-refractivity contribution is -0.125. The Balaban J connectivity index is 1.28. The van der Waals surface area contributed by atoms with Gasteiger partial charge >= 0.3 is 0 Å². The summed E-state index contributed by atoms with van der Waals surface area (Å²) in [5, 5.41) is 9.72. The highest BCUT2D eigenvalue weighted by atomic mass is 16.5. The highest BCUT2D eigenvalue weighted by Gasteiger charge is 2.41. The summed E-state index contributed by atoms with van der Waals surface area (Å²) in [5.74, 6) is 1.21. The molecule has 0 spiro atoms. The normalized spacial score (nSPS) is 14.5. The smallest absolute Gasteiger partial charge is 0.235 e. The maximum Gasteiger partial charge on any atom is 0.235 e. The molecule has 0 aliphatic carbocycles. The Morgan fingerprint density at radius 3 is 2.11 bits per heavy atom. The summed E-state index contributed by atoms with van der Waals surface area (Å²) >= 11 is 0. The van der Waals surface area contributed by atoms with E-state index in [9.17, 15) is 4.79 Å². The van der Waals surface area contributed by atoms with Gasteiger partial charge in [0.05, 0.1) is 5.41 Å². The van der Waals surface area contributed by atoms with Gasteiger partial charge in [-0.2, -0.15) is 4.98 Å². The van der Waals surface area contributed by atoms with Crippen LogP contribution in [0.25, 0.3) is 0 Å². The second kappa shape index (κ2) is 10.8. The Kier molecular flexibility index (Phi) is 7.14. The van der Waals surface area contributed by atoms with E-state index in [4.69, 9.17) is 4.74 Å². The van der Waals surface area contributed by atoms with Crippen molar-refractivity contribution in [2.45, 2.75) is 32.1 Å². The molecule has 7 nitrogen and oxygen atoms in total. The van der Waals surface area contributed by atoms with Crippen LogP contribution in [0.5, 0.6) is 0 Å². The topological polar surface area (TPSA) is 88.2 Å². The summed E-state index contributed by atoms with van der Waals surface area (Å²) in [6, 6.07) is 27.7. The Morgan fingerprint density at radius 1 is 0.784 bits per heavy atom. The molecule has 3 N–H and O–H groups in total. The zero-order valence-electron chi connectivity index (χ0n) is 21.1. The highest BCUT2D eigenvalue weighted by Crippen LogP contribution is 2.36. The molecule has 3 aromatic carbocycles. The van der Waals surface area contributed by atoms with Crippen molar-refractivity contribution in [1.29, 1.82) is 0 Å². The van der Waals surface area contributed by atoms with Crippen LogP contribution < -0.4 is 16.0 Å². The summed E-state index contributed by atoms with van der Waals surface area (Å²) in [4.78, 5) is 22.6. The molecule has 1 aliphatic heterocycles. The zero-order valence-corrected chi connectivity index (χ0v) is 21.1. The molecule has 5 rings (SSSR count). The van der Waals surface area contributed by atoms with E-state index in [1.54, 1.807) is 0 Å². The van der Waals surface area contributed by atoms with Gasteiger partial charge < -0.3 is 20.7 Å². The van der Waals surface area contributed by atoms with Crippen molar-refractivity contribution in [2.75, 3.05) is 29.2 Å². The van der Waals surface area contributed by atoms with Crippen LogP contribution in [-0.4, -0.2) is 29.1 Å². The SMILES string of the molecule is Cc1ccc(Nc2cc(C)nc(Nc3ccc(NC(=O)C4(c5ccccc5)CCOCC4)cc3)n2)cc1. The molecule has 0 bridgehead atoms. The van der Waals surface area contributed by atoms with Crippen LogP contribution in [0.4, 0.5) is 28.8 Å². The number of aromatic nitrogens is 2. The van der Waals surface area contributed by atoms with E-state index in [0.29, 0.717) is 37.8 Å². The molecule has 1 aromatic heterocycles. The molecule has 1 amide bonds. The number of ether oxygens (including phenoxy) is 1. The molecule has 2 heterocycles. The van der Waals surface area contributed by atoms with Gasteiger partial charge in [-0.05, 0) is 68.7 Å². The van der Waals surface area contributed by atoms with E-state index in [0.717, 1.165) is 28.3 Å². The Hall–Kier alpha value is -4.23. The number of hydrogen-bond donors (Lipinski definition) is 3. The van der Waals surface area contributed by atoms with Crippen molar-refractivity contribution in [2.24, 2.45) is 0 Å². The standard InChI is InChI=1S/C30H31N5O2/c1-21-8-10-24(11-9-21)32-27-20-22(2)31-29(35-27)34-26-14-12-25(13-15-26)33-28(36)30(16-18-37-19-17-30)23-6-4-3-5-7-23/h3-15,20H,16-19H2,1-2H3,(H,33,36)(H2,31,32,34,35). The maximum atomic E-state index is 13.5. The van der Waals surface area contributed by atoms with E-state index >= 15 is 0 Å². The average Bonchev–Trinajstić information content (AvgIpc) is 2.92. The largest absolute Gasteiger partial charge is 0.381 e. The first kappa shape index (κ1) is 24.5. The molecule has 0 saturated carbocycles. The van der Waals surface area contributed by atoms with E-state index in [1.807, 2.05) is 79.7 Å². The van der Waals surface area contributed by atoms with Gasteiger partial charge in [-0.15, -0.1) is 0 Å². The zero-order chi connectivity index (χ0) is 25.7. The van der Waals surface area contributed by atoms with Crippen molar-refractivity contribution >= 4 is 34.7 Å². The lowest BCUT2D eigenvalue weighted by Crippen LogP contribution is -2.44. The minimum absolute atomic E-state index is 0.00320. The van der Waals surface area contributed by atoms with Gasteiger partial charge in [0.25, 0.3) is 0 Å². The molecule has 1 aliphatic rings. The van der Waals surface area contributed by atoms with E-state index in [-0.39, 0.29) is 5.91 Å². The lowest BCUT2D eigenvalue weighted by atomic mass is 9.73. The number of carbonyl (C=O) groups is 1. The molecule has 37 heavy (non-hydrogen) atoms. The average molecular weight is 494 g/mol. The van der Waals surface area contributed by atoms with Crippen molar-refractivity contribution in [1.82, 2.24) is 9.97 Å². The summed E-state index contributed by atoms with van der Waals surface area (Å²) in [6.07, 6.45) is 1.32. The molecule has 7 heteroatoms. The Bertz CT molecular complexity index is 1350. The number of nitrogens with one attached hydrogen (secondary N) is 3. The number of rotatable bonds is 7. The number of hydrogen-bond acceptors (Lipinski definition) is 6. The highest BCUT2D eigenvalue weighted by molar-refractivity contribution is 5.99. The fourth-order valence-electron chi connectivity index (χ4n) is 4.61.